The highest BCUT2D eigenvalue weighted by atomic mass is 16.6. The molecule has 5 nitrogen and oxygen atoms in total. The van der Waals surface area contributed by atoms with Crippen LogP contribution < -0.4 is 4.74 Å². The summed E-state index contributed by atoms with van der Waals surface area (Å²) >= 11 is 0. The molecular formula is C30H44NO4+. The molecule has 8 rings (SSSR count). The van der Waals surface area contributed by atoms with Crippen molar-refractivity contribution in [3.8, 4) is 11.5 Å². The van der Waals surface area contributed by atoms with Crippen LogP contribution >= 0.6 is 0 Å². The molecule has 5 heteroatoms. The Morgan fingerprint density at radius 1 is 1.14 bits per heavy atom. The minimum Gasteiger partial charge on any atom is -0.504 e. The highest BCUT2D eigenvalue weighted by Gasteiger charge is 2.84. The maximum Gasteiger partial charge on any atom is 0.165 e. The van der Waals surface area contributed by atoms with Crippen LogP contribution in [0.4, 0.5) is 0 Å². The molecule has 4 saturated carbocycles. The quantitative estimate of drug-likeness (QED) is 0.618. The van der Waals surface area contributed by atoms with Gasteiger partial charge in [0.1, 0.15) is 11.7 Å². The molecule has 0 aromatic heterocycles. The summed E-state index contributed by atoms with van der Waals surface area (Å²) in [6.07, 6.45) is 7.74. The van der Waals surface area contributed by atoms with E-state index in [0.717, 1.165) is 49.0 Å². The Morgan fingerprint density at radius 3 is 2.54 bits per heavy atom. The van der Waals surface area contributed by atoms with E-state index in [4.69, 9.17) is 9.47 Å². The van der Waals surface area contributed by atoms with Crippen molar-refractivity contribution in [3.05, 3.63) is 23.3 Å². The molecule has 7 aliphatic rings. The lowest BCUT2D eigenvalue weighted by atomic mass is 9.33. The number of nitrogens with zero attached hydrogens (tertiary/aromatic N) is 1. The van der Waals surface area contributed by atoms with Gasteiger partial charge in [0.2, 0.25) is 0 Å². The molecule has 192 valence electrons. The molecule has 8 atom stereocenters. The summed E-state index contributed by atoms with van der Waals surface area (Å²) in [6, 6.07) is 4.55. The number of hydrogen-bond acceptors (Lipinski definition) is 4. The van der Waals surface area contributed by atoms with Crippen LogP contribution in [-0.4, -0.2) is 65.3 Å². The zero-order valence-electron chi connectivity index (χ0n) is 22.5. The smallest absolute Gasteiger partial charge is 0.165 e. The number of piperidine rings is 1. The number of aliphatic hydroxyl groups is 1. The van der Waals surface area contributed by atoms with Crippen LogP contribution in [0.3, 0.4) is 0 Å². The molecule has 2 heterocycles. The highest BCUT2D eigenvalue weighted by molar-refractivity contribution is 5.63. The van der Waals surface area contributed by atoms with Crippen molar-refractivity contribution < 1.29 is 24.2 Å². The van der Waals surface area contributed by atoms with Gasteiger partial charge in [-0.2, -0.15) is 0 Å². The molecule has 1 unspecified atom stereocenters. The molecule has 1 aromatic rings. The second kappa shape index (κ2) is 6.39. The summed E-state index contributed by atoms with van der Waals surface area (Å²) in [4.78, 5) is 0. The van der Waals surface area contributed by atoms with Crippen LogP contribution in [0.1, 0.15) is 77.3 Å². The van der Waals surface area contributed by atoms with E-state index in [1.54, 1.807) is 0 Å². The standard InChI is InChI=1S/C30H43NO4/c1-26(2,3)27(4,33)21-16-28-11-12-30(21,34-6)25-29(28)13-14-31(5,17-18-7-8-18)22(28)15-19-9-10-20(32)24(35-25)23(19)29/h9-10,18,21-22,25,33H,7-8,11-17H2,1-6H3/p+1/t21-,22-,25-,27+,28-,29+,30-,31?/m1/s1. The van der Waals surface area contributed by atoms with Crippen molar-refractivity contribution in [1.29, 1.82) is 0 Å². The monoisotopic (exact) mass is 482 g/mol. The lowest BCUT2D eigenvalue weighted by Crippen LogP contribution is -2.85. The number of likely N-dealkylation sites (tertiary alicyclic amines) is 1. The SMILES string of the molecule is CO[C@]12CC[C@@]3(C[C@@H]1[C@](C)(O)C(C)(C)C)[C@H]1Cc4ccc(O)c5c4[C@@]3(CC[N+]1(C)CC1CC1)[C@H]2O5. The van der Waals surface area contributed by atoms with E-state index < -0.39 is 11.2 Å². The lowest BCUT2D eigenvalue weighted by molar-refractivity contribution is -0.952. The molecule has 1 aromatic carbocycles. The molecule has 2 N–H and O–H groups in total. The maximum absolute atomic E-state index is 12.3. The van der Waals surface area contributed by atoms with E-state index in [1.165, 1.54) is 30.5 Å². The minimum absolute atomic E-state index is 0.0279. The molecule has 35 heavy (non-hydrogen) atoms. The van der Waals surface area contributed by atoms with E-state index >= 15 is 0 Å². The molecule has 2 spiro atoms. The summed E-state index contributed by atoms with van der Waals surface area (Å²) in [7, 11) is 4.37. The van der Waals surface area contributed by atoms with Crippen LogP contribution in [0, 0.1) is 22.7 Å². The van der Waals surface area contributed by atoms with E-state index in [-0.39, 0.29) is 34.0 Å². The number of hydrogen-bond donors (Lipinski definition) is 2. The van der Waals surface area contributed by atoms with Gasteiger partial charge in [-0.3, -0.25) is 0 Å². The minimum atomic E-state index is -0.910. The Bertz CT molecular complexity index is 1100. The number of benzene rings is 1. The van der Waals surface area contributed by atoms with Gasteiger partial charge in [0.05, 0.1) is 37.2 Å². The van der Waals surface area contributed by atoms with Gasteiger partial charge in [-0.05, 0) is 56.1 Å². The number of ether oxygens (including phenoxy) is 2. The molecule has 2 aliphatic heterocycles. The fourth-order valence-electron chi connectivity index (χ4n) is 10.3. The third-order valence-corrected chi connectivity index (χ3v) is 12.6. The summed E-state index contributed by atoms with van der Waals surface area (Å²) < 4.78 is 14.7. The zero-order chi connectivity index (χ0) is 24.8. The summed E-state index contributed by atoms with van der Waals surface area (Å²) in [5, 5.41) is 23.3. The largest absolute Gasteiger partial charge is 0.504 e. The van der Waals surface area contributed by atoms with Crippen LogP contribution in [0.15, 0.2) is 12.1 Å². The fourth-order valence-corrected chi connectivity index (χ4v) is 10.3. The first-order chi connectivity index (χ1) is 16.4. The van der Waals surface area contributed by atoms with E-state index in [1.807, 2.05) is 20.1 Å². The normalized spacial score (nSPS) is 46.7. The van der Waals surface area contributed by atoms with Crippen LogP contribution in [0.5, 0.6) is 11.5 Å². The van der Waals surface area contributed by atoms with Gasteiger partial charge in [0.25, 0.3) is 0 Å². The Labute approximate surface area is 210 Å². The first-order valence-electron chi connectivity index (χ1n) is 14.0. The third kappa shape index (κ3) is 2.38. The average molecular weight is 483 g/mol. The second-order valence-electron chi connectivity index (χ2n) is 14.7. The van der Waals surface area contributed by atoms with E-state index in [9.17, 15) is 10.2 Å². The van der Waals surface area contributed by atoms with Crippen molar-refractivity contribution in [1.82, 2.24) is 0 Å². The van der Waals surface area contributed by atoms with Crippen molar-refractivity contribution >= 4 is 0 Å². The van der Waals surface area contributed by atoms with Crippen molar-refractivity contribution in [2.75, 3.05) is 27.2 Å². The predicted molar refractivity (Wildman–Crippen MR) is 135 cm³/mol. The van der Waals surface area contributed by atoms with Crippen LogP contribution in [0.2, 0.25) is 0 Å². The first-order valence-corrected chi connectivity index (χ1v) is 14.0. The zero-order valence-corrected chi connectivity index (χ0v) is 22.5. The fraction of sp³-hybridized carbons (Fsp3) is 0.800. The van der Waals surface area contributed by atoms with Crippen molar-refractivity contribution in [2.45, 2.75) is 101 Å². The number of rotatable bonds is 4. The van der Waals surface area contributed by atoms with E-state index in [2.05, 4.69) is 33.9 Å². The Hall–Kier alpha value is -1.30. The number of phenols is 1. The van der Waals surface area contributed by atoms with Gasteiger partial charge >= 0.3 is 0 Å². The van der Waals surface area contributed by atoms with Crippen molar-refractivity contribution in [3.63, 3.8) is 0 Å². The van der Waals surface area contributed by atoms with Crippen LogP contribution in [-0.2, 0) is 16.6 Å². The van der Waals surface area contributed by atoms with Gasteiger partial charge < -0.3 is 24.2 Å². The van der Waals surface area contributed by atoms with Gasteiger partial charge in [-0.15, -0.1) is 0 Å². The Kier molecular flexibility index (Phi) is 4.18. The number of methoxy groups -OCH3 is 1. The van der Waals surface area contributed by atoms with Gasteiger partial charge in [0, 0.05) is 42.8 Å². The number of likely N-dealkylation sites (N-methyl/N-ethyl adjacent to an activating group) is 1. The number of fused-ring (bicyclic) bond motifs is 2. The number of aromatic hydroxyl groups is 1. The average Bonchev–Trinajstić information content (AvgIpc) is 3.52. The lowest BCUT2D eigenvalue weighted by Gasteiger charge is -2.75. The number of phenolic OH excluding ortho intramolecular Hbond substituents is 1. The van der Waals surface area contributed by atoms with Gasteiger partial charge in [0.15, 0.2) is 11.5 Å². The van der Waals surface area contributed by atoms with Crippen LogP contribution in [0.25, 0.3) is 0 Å². The van der Waals surface area contributed by atoms with Gasteiger partial charge in [-0.1, -0.05) is 26.8 Å². The second-order valence-corrected chi connectivity index (χ2v) is 14.7. The summed E-state index contributed by atoms with van der Waals surface area (Å²) in [6.45, 7) is 11.0. The molecule has 4 bridgehead atoms. The first kappa shape index (κ1) is 22.9. The van der Waals surface area contributed by atoms with E-state index in [0.29, 0.717) is 11.8 Å². The summed E-state index contributed by atoms with van der Waals surface area (Å²) in [5.74, 6) is 1.83. The number of quaternary nitrogens is 1. The molecule has 5 aliphatic carbocycles. The Balaban J connectivity index is 1.50. The Morgan fingerprint density at radius 2 is 1.89 bits per heavy atom. The van der Waals surface area contributed by atoms with Gasteiger partial charge in [-0.25, -0.2) is 0 Å². The predicted octanol–water partition coefficient (Wildman–Crippen LogP) is 4.56. The topological polar surface area (TPSA) is 58.9 Å². The third-order valence-electron chi connectivity index (χ3n) is 12.6. The highest BCUT2D eigenvalue weighted by Crippen LogP contribution is 2.78. The molecule has 0 radical (unpaired) electrons. The molecule has 0 amide bonds. The molecule has 1 saturated heterocycles. The molecule has 5 fully saturated rings. The summed E-state index contributed by atoms with van der Waals surface area (Å²) in [5.41, 5.74) is 0.817. The molecular weight excluding hydrogens is 438 g/mol. The van der Waals surface area contributed by atoms with Crippen molar-refractivity contribution in [2.24, 2.45) is 22.7 Å². The maximum atomic E-state index is 12.3.